The van der Waals surface area contributed by atoms with E-state index in [1.807, 2.05) is 0 Å². The van der Waals surface area contributed by atoms with Gasteiger partial charge in [0.25, 0.3) is 0 Å². The number of hydrogen-bond acceptors (Lipinski definition) is 2. The van der Waals surface area contributed by atoms with Crippen LogP contribution >= 0.6 is 0 Å². The summed E-state index contributed by atoms with van der Waals surface area (Å²) in [4.78, 5) is 15.2. The van der Waals surface area contributed by atoms with E-state index >= 15 is 0 Å². The molecule has 1 aliphatic carbocycles. The van der Waals surface area contributed by atoms with Crippen molar-refractivity contribution in [1.82, 2.24) is 4.90 Å². The van der Waals surface area contributed by atoms with E-state index < -0.39 is 0 Å². The molecule has 2 aliphatic heterocycles. The Hall–Kier alpha value is -2.13. The summed E-state index contributed by atoms with van der Waals surface area (Å²) in [5.41, 5.74) is 3.97. The summed E-state index contributed by atoms with van der Waals surface area (Å²) in [5, 5.41) is 0. The highest BCUT2D eigenvalue weighted by Crippen LogP contribution is 2.43. The lowest BCUT2D eigenvalue weighted by Crippen LogP contribution is -2.47. The zero-order valence-corrected chi connectivity index (χ0v) is 15.8. The number of piperidine rings is 1. The Kier molecular flexibility index (Phi) is 4.28. The summed E-state index contributed by atoms with van der Waals surface area (Å²) in [7, 11) is 0. The smallest absolute Gasteiger partial charge is 0.230 e. The van der Waals surface area contributed by atoms with E-state index in [1.165, 1.54) is 16.7 Å². The second kappa shape index (κ2) is 6.79. The summed E-state index contributed by atoms with van der Waals surface area (Å²) >= 11 is 0. The number of aryl methyl sites for hydroxylation is 1. The van der Waals surface area contributed by atoms with Crippen molar-refractivity contribution in [3.8, 4) is 0 Å². The van der Waals surface area contributed by atoms with Crippen LogP contribution in [0.2, 0.25) is 0 Å². The zero-order valence-electron chi connectivity index (χ0n) is 15.8. The molecule has 3 aliphatic rings. The van der Waals surface area contributed by atoms with Crippen molar-refractivity contribution in [3.63, 3.8) is 0 Å². The zero-order chi connectivity index (χ0) is 18.3. The first kappa shape index (κ1) is 17.0. The van der Waals surface area contributed by atoms with Crippen LogP contribution in [0.4, 0.5) is 0 Å². The molecule has 0 radical (unpaired) electrons. The van der Waals surface area contributed by atoms with Crippen LogP contribution in [0.1, 0.15) is 54.2 Å². The SMILES string of the molecule is O=C(C1CCc2ccccc21)N1CCC2(CC1)CC(c1ccccc1)CO2. The Balaban J connectivity index is 1.23. The minimum atomic E-state index is -0.0229. The van der Waals surface area contributed by atoms with Crippen molar-refractivity contribution in [2.75, 3.05) is 19.7 Å². The first-order valence-corrected chi connectivity index (χ1v) is 10.3. The van der Waals surface area contributed by atoms with Crippen molar-refractivity contribution in [2.24, 2.45) is 0 Å². The van der Waals surface area contributed by atoms with Gasteiger partial charge < -0.3 is 9.64 Å². The molecule has 1 amide bonds. The summed E-state index contributed by atoms with van der Waals surface area (Å²) < 4.78 is 6.32. The Morgan fingerprint density at radius 2 is 1.74 bits per heavy atom. The molecular weight excluding hydrogens is 334 g/mol. The van der Waals surface area contributed by atoms with Crippen molar-refractivity contribution in [2.45, 2.75) is 49.5 Å². The van der Waals surface area contributed by atoms with Crippen LogP contribution in [0, 0.1) is 0 Å². The highest BCUT2D eigenvalue weighted by Gasteiger charge is 2.44. The van der Waals surface area contributed by atoms with Gasteiger partial charge in [0.05, 0.1) is 18.1 Å². The third-order valence-corrected chi connectivity index (χ3v) is 6.90. The molecule has 140 valence electrons. The van der Waals surface area contributed by atoms with Crippen molar-refractivity contribution >= 4 is 5.91 Å². The highest BCUT2D eigenvalue weighted by atomic mass is 16.5. The molecule has 0 aromatic heterocycles. The van der Waals surface area contributed by atoms with Gasteiger partial charge in [0.1, 0.15) is 0 Å². The highest BCUT2D eigenvalue weighted by molar-refractivity contribution is 5.85. The molecule has 2 aromatic rings. The average molecular weight is 361 g/mol. The van der Waals surface area contributed by atoms with Crippen molar-refractivity contribution < 1.29 is 9.53 Å². The molecule has 2 unspecified atom stereocenters. The van der Waals surface area contributed by atoms with Crippen LogP contribution < -0.4 is 0 Å². The standard InChI is InChI=1S/C24H27NO2/c26-23(22-11-10-19-8-4-5-9-21(19)22)25-14-12-24(13-15-25)16-20(17-27-24)18-6-2-1-3-7-18/h1-9,20,22H,10-17H2. The van der Waals surface area contributed by atoms with Crippen LogP contribution in [0.5, 0.6) is 0 Å². The Labute approximate surface area is 161 Å². The molecule has 2 atom stereocenters. The fourth-order valence-corrected chi connectivity index (χ4v) is 5.30. The molecule has 2 saturated heterocycles. The fourth-order valence-electron chi connectivity index (χ4n) is 5.30. The van der Waals surface area contributed by atoms with E-state index in [0.29, 0.717) is 11.8 Å². The summed E-state index contributed by atoms with van der Waals surface area (Å²) in [6, 6.07) is 19.2. The number of nitrogens with zero attached hydrogens (tertiary/aromatic N) is 1. The van der Waals surface area contributed by atoms with Crippen LogP contribution in [0.15, 0.2) is 54.6 Å². The van der Waals surface area contributed by atoms with Crippen LogP contribution in [0.3, 0.4) is 0 Å². The molecular formula is C24H27NO2. The summed E-state index contributed by atoms with van der Waals surface area (Å²) in [5.74, 6) is 0.888. The second-order valence-electron chi connectivity index (χ2n) is 8.42. The maximum absolute atomic E-state index is 13.1. The topological polar surface area (TPSA) is 29.5 Å². The number of amides is 1. The number of likely N-dealkylation sites (tertiary alicyclic amines) is 1. The summed E-state index contributed by atoms with van der Waals surface area (Å²) in [6.07, 6.45) is 5.02. The third kappa shape index (κ3) is 3.08. The Morgan fingerprint density at radius 3 is 2.56 bits per heavy atom. The van der Waals surface area contributed by atoms with Crippen molar-refractivity contribution in [3.05, 3.63) is 71.3 Å². The van der Waals surface area contributed by atoms with E-state index in [9.17, 15) is 4.79 Å². The Bertz CT molecular complexity index is 823. The lowest BCUT2D eigenvalue weighted by Gasteiger charge is -2.39. The van der Waals surface area contributed by atoms with Gasteiger partial charge in [-0.25, -0.2) is 0 Å². The average Bonchev–Trinajstić information content (AvgIpc) is 3.34. The lowest BCUT2D eigenvalue weighted by molar-refractivity contribution is -0.137. The van der Waals surface area contributed by atoms with Gasteiger partial charge in [-0.1, -0.05) is 54.6 Å². The maximum Gasteiger partial charge on any atom is 0.230 e. The van der Waals surface area contributed by atoms with Crippen molar-refractivity contribution in [1.29, 1.82) is 0 Å². The molecule has 2 aromatic carbocycles. The lowest BCUT2D eigenvalue weighted by atomic mass is 9.83. The van der Waals surface area contributed by atoms with Gasteiger partial charge in [-0.15, -0.1) is 0 Å². The first-order chi connectivity index (χ1) is 13.2. The molecule has 3 heteroatoms. The molecule has 5 rings (SSSR count). The predicted molar refractivity (Wildman–Crippen MR) is 106 cm³/mol. The minimum absolute atomic E-state index is 0.0229. The largest absolute Gasteiger partial charge is 0.374 e. The fraction of sp³-hybridized carbons (Fsp3) is 0.458. The van der Waals surface area contributed by atoms with Gasteiger partial charge in [-0.3, -0.25) is 4.79 Å². The Morgan fingerprint density at radius 1 is 1.00 bits per heavy atom. The van der Waals surface area contributed by atoms with E-state index in [1.54, 1.807) is 0 Å². The van der Waals surface area contributed by atoms with E-state index in [-0.39, 0.29) is 11.5 Å². The van der Waals surface area contributed by atoms with Crippen LogP contribution in [-0.2, 0) is 16.0 Å². The number of carbonyl (C=O) groups is 1. The molecule has 2 heterocycles. The van der Waals surface area contributed by atoms with Gasteiger partial charge in [0, 0.05) is 19.0 Å². The number of rotatable bonds is 2. The number of carbonyl (C=O) groups excluding carboxylic acids is 1. The van der Waals surface area contributed by atoms with Crippen LogP contribution in [0.25, 0.3) is 0 Å². The third-order valence-electron chi connectivity index (χ3n) is 6.90. The molecule has 3 nitrogen and oxygen atoms in total. The number of ether oxygens (including phenoxy) is 1. The van der Waals surface area contributed by atoms with Gasteiger partial charge >= 0.3 is 0 Å². The van der Waals surface area contributed by atoms with Gasteiger partial charge in [0.15, 0.2) is 0 Å². The van der Waals surface area contributed by atoms with Gasteiger partial charge in [-0.2, -0.15) is 0 Å². The number of hydrogen-bond donors (Lipinski definition) is 0. The second-order valence-corrected chi connectivity index (χ2v) is 8.42. The maximum atomic E-state index is 13.1. The number of benzene rings is 2. The minimum Gasteiger partial charge on any atom is -0.374 e. The predicted octanol–water partition coefficient (Wildman–Crippen LogP) is 4.28. The molecule has 2 fully saturated rings. The molecule has 0 saturated carbocycles. The summed E-state index contributed by atoms with van der Waals surface area (Å²) in [6.45, 7) is 2.48. The van der Waals surface area contributed by atoms with E-state index in [0.717, 1.165) is 51.8 Å². The monoisotopic (exact) mass is 361 g/mol. The molecule has 0 bridgehead atoms. The number of fused-ring (bicyclic) bond motifs is 1. The molecule has 0 N–H and O–H groups in total. The molecule has 27 heavy (non-hydrogen) atoms. The molecule has 1 spiro atoms. The van der Waals surface area contributed by atoms with E-state index in [4.69, 9.17) is 4.74 Å². The van der Waals surface area contributed by atoms with Gasteiger partial charge in [0.2, 0.25) is 5.91 Å². The quantitative estimate of drug-likeness (QED) is 0.799. The normalized spacial score (nSPS) is 26.3. The van der Waals surface area contributed by atoms with Crippen LogP contribution in [-0.4, -0.2) is 36.1 Å². The van der Waals surface area contributed by atoms with Gasteiger partial charge in [-0.05, 0) is 48.8 Å². The first-order valence-electron chi connectivity index (χ1n) is 10.3. The van der Waals surface area contributed by atoms with E-state index in [2.05, 4.69) is 59.5 Å².